The first kappa shape index (κ1) is 29.0. The van der Waals surface area contributed by atoms with E-state index in [1.165, 1.54) is 5.56 Å². The van der Waals surface area contributed by atoms with Crippen LogP contribution in [0.3, 0.4) is 0 Å². The smallest absolute Gasteiger partial charge is 0.404 e. The molecule has 0 saturated heterocycles. The summed E-state index contributed by atoms with van der Waals surface area (Å²) >= 11 is 0. The minimum atomic E-state index is -0.742. The summed E-state index contributed by atoms with van der Waals surface area (Å²) in [5.74, 6) is -0.235. The maximum Gasteiger partial charge on any atom is 0.404 e. The molecule has 1 aliphatic heterocycles. The SMILES string of the molecule is Cc1cc(O)cc2c1CC(C(=O)NC(C)C(=O)NCCCc1ccccc1)N2.NC(=O)OCc1ccccc1. The highest BCUT2D eigenvalue weighted by Crippen LogP contribution is 2.32. The van der Waals surface area contributed by atoms with Crippen LogP contribution in [0, 0.1) is 6.92 Å². The molecule has 9 heteroatoms. The molecular weight excluding hydrogens is 496 g/mol. The van der Waals surface area contributed by atoms with Crippen molar-refractivity contribution < 1.29 is 24.2 Å². The molecule has 0 saturated carbocycles. The Morgan fingerprint density at radius 1 is 1.05 bits per heavy atom. The van der Waals surface area contributed by atoms with Gasteiger partial charge in [0.2, 0.25) is 11.8 Å². The molecule has 0 spiro atoms. The Kier molecular flexibility index (Phi) is 10.7. The van der Waals surface area contributed by atoms with E-state index in [9.17, 15) is 19.5 Å². The van der Waals surface area contributed by atoms with Crippen LogP contribution in [0.2, 0.25) is 0 Å². The van der Waals surface area contributed by atoms with Crippen LogP contribution in [0.15, 0.2) is 72.8 Å². The third-order valence-electron chi connectivity index (χ3n) is 6.27. The average molecular weight is 533 g/mol. The highest BCUT2D eigenvalue weighted by molar-refractivity contribution is 5.92. The van der Waals surface area contributed by atoms with Gasteiger partial charge < -0.3 is 31.5 Å². The molecule has 3 aromatic rings. The molecule has 39 heavy (non-hydrogen) atoms. The van der Waals surface area contributed by atoms with Gasteiger partial charge in [0, 0.05) is 24.7 Å². The van der Waals surface area contributed by atoms with E-state index in [2.05, 4.69) is 32.8 Å². The van der Waals surface area contributed by atoms with Crippen LogP contribution < -0.4 is 21.7 Å². The number of hydrogen-bond donors (Lipinski definition) is 5. The van der Waals surface area contributed by atoms with Crippen LogP contribution in [0.1, 0.15) is 35.6 Å². The summed E-state index contributed by atoms with van der Waals surface area (Å²) < 4.78 is 4.57. The summed E-state index contributed by atoms with van der Waals surface area (Å²) in [6.07, 6.45) is 1.55. The fraction of sp³-hybridized carbons (Fsp3) is 0.300. The van der Waals surface area contributed by atoms with E-state index in [-0.39, 0.29) is 24.2 Å². The Labute approximate surface area is 228 Å². The lowest BCUT2D eigenvalue weighted by molar-refractivity contribution is -0.128. The molecule has 3 amide bonds. The number of fused-ring (bicyclic) bond motifs is 1. The number of ether oxygens (including phenoxy) is 1. The number of hydrogen-bond acceptors (Lipinski definition) is 6. The first-order valence-electron chi connectivity index (χ1n) is 12.9. The summed E-state index contributed by atoms with van der Waals surface area (Å²) in [6, 6.07) is 21.8. The van der Waals surface area contributed by atoms with Gasteiger partial charge >= 0.3 is 6.09 Å². The molecule has 9 nitrogen and oxygen atoms in total. The molecular formula is C30H36N4O5. The zero-order valence-electron chi connectivity index (χ0n) is 22.3. The zero-order valence-corrected chi connectivity index (χ0v) is 22.3. The van der Waals surface area contributed by atoms with E-state index in [0.29, 0.717) is 13.0 Å². The molecule has 4 rings (SSSR count). The summed E-state index contributed by atoms with van der Waals surface area (Å²) in [5, 5.41) is 18.5. The van der Waals surface area contributed by atoms with Crippen LogP contribution in [-0.4, -0.2) is 41.6 Å². The molecule has 2 atom stereocenters. The van der Waals surface area contributed by atoms with Gasteiger partial charge in [-0.05, 0) is 55.0 Å². The molecule has 0 bridgehead atoms. The molecule has 0 fully saturated rings. The Bertz CT molecular complexity index is 1250. The second-order valence-corrected chi connectivity index (χ2v) is 9.39. The molecule has 0 aliphatic carbocycles. The highest BCUT2D eigenvalue weighted by atomic mass is 16.5. The number of anilines is 1. The number of phenols is 1. The predicted octanol–water partition coefficient (Wildman–Crippen LogP) is 3.57. The quantitative estimate of drug-likeness (QED) is 0.267. The van der Waals surface area contributed by atoms with Crippen LogP contribution >= 0.6 is 0 Å². The zero-order chi connectivity index (χ0) is 28.2. The molecule has 0 radical (unpaired) electrons. The maximum atomic E-state index is 12.5. The number of rotatable bonds is 9. The summed E-state index contributed by atoms with van der Waals surface area (Å²) in [4.78, 5) is 34.9. The van der Waals surface area contributed by atoms with Crippen molar-refractivity contribution in [2.75, 3.05) is 11.9 Å². The molecule has 6 N–H and O–H groups in total. The number of primary amides is 1. The molecule has 1 aliphatic rings. The minimum absolute atomic E-state index is 0.174. The molecule has 1 heterocycles. The van der Waals surface area contributed by atoms with Gasteiger partial charge in [-0.15, -0.1) is 0 Å². The van der Waals surface area contributed by atoms with Crippen molar-refractivity contribution in [3.05, 3.63) is 95.1 Å². The summed E-state index contributed by atoms with van der Waals surface area (Å²) in [6.45, 7) is 4.41. The fourth-order valence-electron chi connectivity index (χ4n) is 4.21. The largest absolute Gasteiger partial charge is 0.508 e. The van der Waals surface area contributed by atoms with Crippen LogP contribution in [0.25, 0.3) is 0 Å². The van der Waals surface area contributed by atoms with Gasteiger partial charge in [-0.3, -0.25) is 9.59 Å². The normalized spacial score (nSPS) is 14.1. The third-order valence-corrected chi connectivity index (χ3v) is 6.27. The highest BCUT2D eigenvalue weighted by Gasteiger charge is 2.30. The number of carbonyl (C=O) groups is 3. The van der Waals surface area contributed by atoms with Gasteiger partial charge in [-0.2, -0.15) is 0 Å². The van der Waals surface area contributed by atoms with E-state index in [0.717, 1.165) is 35.2 Å². The van der Waals surface area contributed by atoms with E-state index in [1.54, 1.807) is 19.1 Å². The molecule has 3 aromatic carbocycles. The van der Waals surface area contributed by atoms with E-state index < -0.39 is 18.2 Å². The first-order chi connectivity index (χ1) is 18.7. The lowest BCUT2D eigenvalue weighted by Gasteiger charge is -2.17. The number of benzene rings is 3. The van der Waals surface area contributed by atoms with E-state index in [1.807, 2.05) is 55.5 Å². The number of carbonyl (C=O) groups excluding carboxylic acids is 3. The van der Waals surface area contributed by atoms with E-state index in [4.69, 9.17) is 5.73 Å². The van der Waals surface area contributed by atoms with Gasteiger partial charge in [0.25, 0.3) is 0 Å². The second-order valence-electron chi connectivity index (χ2n) is 9.39. The Hall–Kier alpha value is -4.53. The van der Waals surface area contributed by atoms with Crippen molar-refractivity contribution in [2.24, 2.45) is 5.73 Å². The van der Waals surface area contributed by atoms with Crippen molar-refractivity contribution in [3.63, 3.8) is 0 Å². The van der Waals surface area contributed by atoms with Gasteiger partial charge in [0.15, 0.2) is 0 Å². The summed E-state index contributed by atoms with van der Waals surface area (Å²) in [7, 11) is 0. The van der Waals surface area contributed by atoms with Crippen LogP contribution in [0.4, 0.5) is 10.5 Å². The first-order valence-corrected chi connectivity index (χ1v) is 12.9. The number of phenolic OH excluding ortho intramolecular Hbond substituents is 1. The van der Waals surface area contributed by atoms with Gasteiger partial charge in [-0.25, -0.2) is 4.79 Å². The lowest BCUT2D eigenvalue weighted by atomic mass is 10.0. The monoisotopic (exact) mass is 532 g/mol. The third kappa shape index (κ3) is 9.37. The molecule has 0 aromatic heterocycles. The minimum Gasteiger partial charge on any atom is -0.508 e. The van der Waals surface area contributed by atoms with Crippen molar-refractivity contribution in [1.82, 2.24) is 10.6 Å². The van der Waals surface area contributed by atoms with Crippen molar-refractivity contribution in [2.45, 2.75) is 51.8 Å². The Balaban J connectivity index is 0.000000320. The average Bonchev–Trinajstić information content (AvgIpc) is 3.36. The van der Waals surface area contributed by atoms with Crippen LogP contribution in [-0.2, 0) is 33.8 Å². The second kappa shape index (κ2) is 14.4. The fourth-order valence-corrected chi connectivity index (χ4v) is 4.21. The number of nitrogens with two attached hydrogens (primary N) is 1. The number of aryl methyl sites for hydroxylation is 2. The maximum absolute atomic E-state index is 12.5. The predicted molar refractivity (Wildman–Crippen MR) is 150 cm³/mol. The molecule has 2 unspecified atom stereocenters. The van der Waals surface area contributed by atoms with Crippen LogP contribution in [0.5, 0.6) is 5.75 Å². The van der Waals surface area contributed by atoms with Gasteiger partial charge in [-0.1, -0.05) is 60.7 Å². The topological polar surface area (TPSA) is 143 Å². The van der Waals surface area contributed by atoms with Gasteiger partial charge in [0.05, 0.1) is 0 Å². The Morgan fingerprint density at radius 3 is 2.33 bits per heavy atom. The number of amides is 3. The Morgan fingerprint density at radius 2 is 1.69 bits per heavy atom. The standard InChI is InChI=1S/C22H27N3O3.C8H9NO2/c1-14-11-17(26)12-19-18(14)13-20(25-19)22(28)24-15(2)21(27)23-10-6-9-16-7-4-3-5-8-16;9-8(10)11-6-7-4-2-1-3-5-7/h3-5,7-8,11-12,15,20,25-26H,6,9-10,13H2,1-2H3,(H,23,27)(H,24,28);1-5H,6H2,(H2,9,10). The van der Waals surface area contributed by atoms with E-state index >= 15 is 0 Å². The number of nitrogens with one attached hydrogen (secondary N) is 3. The van der Waals surface area contributed by atoms with Crippen molar-refractivity contribution >= 4 is 23.6 Å². The number of aromatic hydroxyl groups is 1. The lowest BCUT2D eigenvalue weighted by Crippen LogP contribution is -2.49. The summed E-state index contributed by atoms with van der Waals surface area (Å²) in [5.41, 5.74) is 9.70. The molecule has 206 valence electrons. The van der Waals surface area contributed by atoms with Crippen molar-refractivity contribution in [1.29, 1.82) is 0 Å². The van der Waals surface area contributed by atoms with Crippen molar-refractivity contribution in [3.8, 4) is 5.75 Å². The van der Waals surface area contributed by atoms with Gasteiger partial charge in [0.1, 0.15) is 24.4 Å².